The Kier molecular flexibility index (Phi) is 4.04. The Morgan fingerprint density at radius 2 is 2.33 bits per heavy atom. The zero-order chi connectivity index (χ0) is 13.0. The van der Waals surface area contributed by atoms with E-state index in [2.05, 4.69) is 16.9 Å². The van der Waals surface area contributed by atoms with Gasteiger partial charge in [-0.25, -0.2) is 0 Å². The SMILES string of the molecule is C#CCCCN1CCCc2cc(C(C)=O)ccc21. The van der Waals surface area contributed by atoms with Crippen LogP contribution in [0.15, 0.2) is 18.2 Å². The number of ketones is 1. The number of carbonyl (C=O) groups excluding carboxylic acids is 1. The van der Waals surface area contributed by atoms with Crippen LogP contribution in [0.25, 0.3) is 0 Å². The molecule has 0 radical (unpaired) electrons. The maximum atomic E-state index is 11.4. The lowest BCUT2D eigenvalue weighted by Crippen LogP contribution is -2.30. The van der Waals surface area contributed by atoms with E-state index in [1.165, 1.54) is 11.3 Å². The Balaban J connectivity index is 2.17. The second kappa shape index (κ2) is 5.73. The van der Waals surface area contributed by atoms with Gasteiger partial charge in [-0.1, -0.05) is 0 Å². The number of rotatable bonds is 4. The van der Waals surface area contributed by atoms with Crippen molar-refractivity contribution in [2.45, 2.75) is 32.6 Å². The summed E-state index contributed by atoms with van der Waals surface area (Å²) >= 11 is 0. The highest BCUT2D eigenvalue weighted by Crippen LogP contribution is 2.28. The predicted molar refractivity (Wildman–Crippen MR) is 75.0 cm³/mol. The molecule has 0 atom stereocenters. The van der Waals surface area contributed by atoms with Gasteiger partial charge >= 0.3 is 0 Å². The van der Waals surface area contributed by atoms with E-state index in [0.717, 1.165) is 44.3 Å². The van der Waals surface area contributed by atoms with Crippen LogP contribution in [0.1, 0.15) is 42.1 Å². The Morgan fingerprint density at radius 1 is 1.50 bits per heavy atom. The van der Waals surface area contributed by atoms with Gasteiger partial charge in [0.25, 0.3) is 0 Å². The third kappa shape index (κ3) is 2.73. The molecule has 0 saturated carbocycles. The van der Waals surface area contributed by atoms with Crippen LogP contribution in [0.3, 0.4) is 0 Å². The van der Waals surface area contributed by atoms with Gasteiger partial charge in [0.05, 0.1) is 0 Å². The lowest BCUT2D eigenvalue weighted by molar-refractivity contribution is 0.101. The molecule has 1 aliphatic rings. The number of Topliss-reactive ketones (excluding diaryl/α,β-unsaturated/α-hetero) is 1. The maximum absolute atomic E-state index is 11.4. The van der Waals surface area contributed by atoms with Gasteiger partial charge in [-0.05, 0) is 49.9 Å². The molecule has 2 rings (SSSR count). The number of hydrogen-bond donors (Lipinski definition) is 0. The van der Waals surface area contributed by atoms with Crippen molar-refractivity contribution in [3.05, 3.63) is 29.3 Å². The van der Waals surface area contributed by atoms with Crippen LogP contribution in [0.2, 0.25) is 0 Å². The highest BCUT2D eigenvalue weighted by molar-refractivity contribution is 5.94. The fraction of sp³-hybridized carbons (Fsp3) is 0.438. The van der Waals surface area contributed by atoms with Crippen molar-refractivity contribution >= 4 is 11.5 Å². The van der Waals surface area contributed by atoms with Gasteiger partial charge in [0.2, 0.25) is 0 Å². The van der Waals surface area contributed by atoms with Gasteiger partial charge in [0, 0.05) is 30.8 Å². The van der Waals surface area contributed by atoms with Crippen LogP contribution in [-0.4, -0.2) is 18.9 Å². The molecule has 0 unspecified atom stereocenters. The molecule has 0 spiro atoms. The van der Waals surface area contributed by atoms with Crippen LogP contribution >= 0.6 is 0 Å². The normalized spacial score (nSPS) is 13.9. The van der Waals surface area contributed by atoms with E-state index in [-0.39, 0.29) is 5.78 Å². The molecular weight excluding hydrogens is 222 g/mol. The summed E-state index contributed by atoms with van der Waals surface area (Å²) in [6.45, 7) is 3.73. The first-order chi connectivity index (χ1) is 8.72. The summed E-state index contributed by atoms with van der Waals surface area (Å²) < 4.78 is 0. The van der Waals surface area contributed by atoms with Crippen molar-refractivity contribution in [3.8, 4) is 12.3 Å². The van der Waals surface area contributed by atoms with Crippen LogP contribution in [0, 0.1) is 12.3 Å². The standard InChI is InChI=1S/C16H19NO/c1-3-4-5-10-17-11-6-7-15-12-14(13(2)18)8-9-16(15)17/h1,8-9,12H,4-7,10-11H2,2H3. The summed E-state index contributed by atoms with van der Waals surface area (Å²) in [7, 11) is 0. The van der Waals surface area contributed by atoms with Gasteiger partial charge in [-0.2, -0.15) is 0 Å². The van der Waals surface area contributed by atoms with E-state index in [9.17, 15) is 4.79 Å². The summed E-state index contributed by atoms with van der Waals surface area (Å²) in [6, 6.07) is 6.06. The summed E-state index contributed by atoms with van der Waals surface area (Å²) in [6.07, 6.45) is 9.38. The first-order valence-corrected chi connectivity index (χ1v) is 6.54. The van der Waals surface area contributed by atoms with Crippen LogP contribution < -0.4 is 4.90 Å². The lowest BCUT2D eigenvalue weighted by atomic mass is 9.98. The number of benzene rings is 1. The number of fused-ring (bicyclic) bond motifs is 1. The van der Waals surface area contributed by atoms with Gasteiger partial charge in [0.1, 0.15) is 0 Å². The van der Waals surface area contributed by atoms with Crippen molar-refractivity contribution in [3.63, 3.8) is 0 Å². The second-order valence-corrected chi connectivity index (χ2v) is 4.80. The van der Waals surface area contributed by atoms with E-state index in [1.807, 2.05) is 12.1 Å². The highest BCUT2D eigenvalue weighted by atomic mass is 16.1. The number of carbonyl (C=O) groups is 1. The summed E-state index contributed by atoms with van der Waals surface area (Å²) in [5.74, 6) is 2.82. The molecule has 0 aromatic heterocycles. The van der Waals surface area contributed by atoms with Crippen molar-refractivity contribution in [1.82, 2.24) is 0 Å². The Labute approximate surface area is 109 Å². The number of hydrogen-bond acceptors (Lipinski definition) is 2. The van der Waals surface area contributed by atoms with Gasteiger partial charge < -0.3 is 4.90 Å². The predicted octanol–water partition coefficient (Wildman–Crippen LogP) is 3.06. The number of terminal acetylenes is 1. The van der Waals surface area contributed by atoms with Crippen LogP contribution in [-0.2, 0) is 6.42 Å². The smallest absolute Gasteiger partial charge is 0.159 e. The first kappa shape index (κ1) is 12.7. The quantitative estimate of drug-likeness (QED) is 0.459. The topological polar surface area (TPSA) is 20.3 Å². The van der Waals surface area contributed by atoms with E-state index in [4.69, 9.17) is 6.42 Å². The molecule has 2 heteroatoms. The third-order valence-electron chi connectivity index (χ3n) is 3.45. The van der Waals surface area contributed by atoms with E-state index in [0.29, 0.717) is 0 Å². The van der Waals surface area contributed by atoms with E-state index in [1.54, 1.807) is 6.92 Å². The van der Waals surface area contributed by atoms with Gasteiger partial charge in [-0.3, -0.25) is 4.79 Å². The van der Waals surface area contributed by atoms with Crippen LogP contribution in [0.5, 0.6) is 0 Å². The Bertz CT molecular complexity index is 484. The number of nitrogens with zero attached hydrogens (tertiary/aromatic N) is 1. The summed E-state index contributed by atoms with van der Waals surface area (Å²) in [5.41, 5.74) is 3.40. The number of aryl methyl sites for hydroxylation is 1. The number of anilines is 1. The largest absolute Gasteiger partial charge is 0.371 e. The molecule has 0 saturated heterocycles. The minimum Gasteiger partial charge on any atom is -0.371 e. The zero-order valence-corrected chi connectivity index (χ0v) is 10.9. The van der Waals surface area contributed by atoms with Crippen molar-refractivity contribution in [1.29, 1.82) is 0 Å². The third-order valence-corrected chi connectivity index (χ3v) is 3.45. The monoisotopic (exact) mass is 241 g/mol. The molecule has 1 aliphatic heterocycles. The molecule has 94 valence electrons. The average Bonchev–Trinajstić information content (AvgIpc) is 2.38. The fourth-order valence-corrected chi connectivity index (χ4v) is 2.50. The summed E-state index contributed by atoms with van der Waals surface area (Å²) in [5, 5.41) is 0. The number of unbranched alkanes of at least 4 members (excludes halogenated alkanes) is 1. The van der Waals surface area contributed by atoms with Gasteiger partial charge in [-0.15, -0.1) is 12.3 Å². The lowest BCUT2D eigenvalue weighted by Gasteiger charge is -2.31. The van der Waals surface area contributed by atoms with Crippen molar-refractivity contribution < 1.29 is 4.79 Å². The van der Waals surface area contributed by atoms with E-state index < -0.39 is 0 Å². The maximum Gasteiger partial charge on any atom is 0.159 e. The van der Waals surface area contributed by atoms with Crippen molar-refractivity contribution in [2.24, 2.45) is 0 Å². The fourth-order valence-electron chi connectivity index (χ4n) is 2.50. The Morgan fingerprint density at radius 3 is 3.06 bits per heavy atom. The molecule has 1 heterocycles. The van der Waals surface area contributed by atoms with E-state index >= 15 is 0 Å². The molecule has 18 heavy (non-hydrogen) atoms. The van der Waals surface area contributed by atoms with Crippen molar-refractivity contribution in [2.75, 3.05) is 18.0 Å². The second-order valence-electron chi connectivity index (χ2n) is 4.80. The van der Waals surface area contributed by atoms with Gasteiger partial charge in [0.15, 0.2) is 5.78 Å². The first-order valence-electron chi connectivity index (χ1n) is 6.54. The highest BCUT2D eigenvalue weighted by Gasteiger charge is 2.17. The molecule has 1 aromatic rings. The average molecular weight is 241 g/mol. The zero-order valence-electron chi connectivity index (χ0n) is 10.9. The molecule has 0 aliphatic carbocycles. The molecule has 0 N–H and O–H groups in total. The molecule has 0 amide bonds. The summed E-state index contributed by atoms with van der Waals surface area (Å²) in [4.78, 5) is 13.8. The van der Waals surface area contributed by atoms with Crippen LogP contribution in [0.4, 0.5) is 5.69 Å². The minimum atomic E-state index is 0.141. The Hall–Kier alpha value is -1.75. The molecule has 2 nitrogen and oxygen atoms in total. The molecular formula is C16H19NO. The molecule has 0 bridgehead atoms. The molecule has 1 aromatic carbocycles. The molecule has 0 fully saturated rings. The minimum absolute atomic E-state index is 0.141.